The number of carboxylic acid groups (broad SMARTS) is 1. The fourth-order valence-electron chi connectivity index (χ4n) is 5.76. The fraction of sp³-hybridized carbons (Fsp3) is 0.676. The van der Waals surface area contributed by atoms with E-state index in [-0.39, 0.29) is 64.1 Å². The quantitative estimate of drug-likeness (QED) is 0.0220. The lowest BCUT2D eigenvalue weighted by Gasteiger charge is -2.29. The number of aliphatic carboxylic acids is 1. The molecule has 0 aromatic heterocycles. The highest BCUT2D eigenvalue weighted by Gasteiger charge is 2.37. The highest BCUT2D eigenvalue weighted by atomic mass is 16.4. The van der Waals surface area contributed by atoms with Crippen LogP contribution < -0.4 is 60.6 Å². The molecule has 0 aliphatic carbocycles. The van der Waals surface area contributed by atoms with Crippen molar-refractivity contribution < 1.29 is 53.1 Å². The molecule has 326 valence electrons. The van der Waals surface area contributed by atoms with E-state index in [0.29, 0.717) is 19.3 Å². The molecule has 0 aromatic rings. The molecule has 1 fully saturated rings. The minimum absolute atomic E-state index is 0.0563. The van der Waals surface area contributed by atoms with E-state index in [1.807, 2.05) is 0 Å². The molecule has 7 atom stereocenters. The SMILES string of the molecule is CC[C@H](C)[C@H](NC(=O)[C@H](CCCN=C(N)N)NC(=O)[C@H](CCC(N)=O)NC(=O)[C@@H]1CCCN1C(=O)CN)C(=O)N[C@@H](C)C(=O)NCC(=O)N[C@@H](CCC(N)=O)C(=O)O. The van der Waals surface area contributed by atoms with Crippen molar-refractivity contribution in [3.63, 3.8) is 0 Å². The Balaban J connectivity index is 3.16. The Hall–Kier alpha value is -6.07. The molecule has 0 saturated carbocycles. The third-order valence-electron chi connectivity index (χ3n) is 9.22. The van der Waals surface area contributed by atoms with Gasteiger partial charge in [-0.2, -0.15) is 0 Å². The number of carbonyl (C=O) groups is 10. The van der Waals surface area contributed by atoms with Crippen LogP contribution in [0, 0.1) is 5.92 Å². The average Bonchev–Trinajstić information content (AvgIpc) is 3.66. The van der Waals surface area contributed by atoms with Crippen LogP contribution in [-0.2, 0) is 47.9 Å². The predicted molar refractivity (Wildman–Crippen MR) is 206 cm³/mol. The van der Waals surface area contributed by atoms with E-state index in [2.05, 4.69) is 36.9 Å². The summed E-state index contributed by atoms with van der Waals surface area (Å²) in [5.74, 6) is -9.04. The number of guanidine groups is 1. The van der Waals surface area contributed by atoms with Gasteiger partial charge in [0.25, 0.3) is 0 Å². The van der Waals surface area contributed by atoms with Gasteiger partial charge in [-0.1, -0.05) is 20.3 Å². The van der Waals surface area contributed by atoms with Crippen molar-refractivity contribution in [1.82, 2.24) is 36.8 Å². The number of nitrogens with zero attached hydrogens (tertiary/aromatic N) is 2. The molecule has 24 heteroatoms. The molecular formula is C34H59N13O11. The molecule has 1 heterocycles. The smallest absolute Gasteiger partial charge is 0.326 e. The zero-order valence-electron chi connectivity index (χ0n) is 33.0. The van der Waals surface area contributed by atoms with E-state index >= 15 is 0 Å². The maximum Gasteiger partial charge on any atom is 0.326 e. The number of hydrogen-bond donors (Lipinski definition) is 12. The first-order valence-electron chi connectivity index (χ1n) is 18.8. The Labute approximate surface area is 335 Å². The molecular weight excluding hydrogens is 766 g/mol. The summed E-state index contributed by atoms with van der Waals surface area (Å²) in [6.45, 7) is 4.04. The lowest BCUT2D eigenvalue weighted by molar-refractivity contribution is -0.142. The topological polar surface area (TPSA) is 409 Å². The van der Waals surface area contributed by atoms with Crippen molar-refractivity contribution in [3.05, 3.63) is 0 Å². The highest BCUT2D eigenvalue weighted by Crippen LogP contribution is 2.18. The van der Waals surface area contributed by atoms with Gasteiger partial charge in [0.2, 0.25) is 53.2 Å². The van der Waals surface area contributed by atoms with E-state index in [4.69, 9.17) is 28.7 Å². The van der Waals surface area contributed by atoms with Gasteiger partial charge in [0.05, 0.1) is 13.1 Å². The summed E-state index contributed by atoms with van der Waals surface area (Å²) < 4.78 is 0. The Kier molecular flexibility index (Phi) is 21.7. The van der Waals surface area contributed by atoms with Gasteiger partial charge in [0.15, 0.2) is 5.96 Å². The number of nitrogens with two attached hydrogens (primary N) is 5. The van der Waals surface area contributed by atoms with Crippen molar-refractivity contribution >= 4 is 65.1 Å². The van der Waals surface area contributed by atoms with Gasteiger partial charge >= 0.3 is 5.97 Å². The molecule has 1 saturated heterocycles. The molecule has 0 aromatic carbocycles. The number of rotatable bonds is 26. The molecule has 1 rings (SSSR count). The van der Waals surface area contributed by atoms with Crippen molar-refractivity contribution in [2.24, 2.45) is 39.6 Å². The van der Waals surface area contributed by atoms with Crippen molar-refractivity contribution in [2.75, 3.05) is 26.2 Å². The Morgan fingerprint density at radius 1 is 0.759 bits per heavy atom. The van der Waals surface area contributed by atoms with Crippen LogP contribution in [0.3, 0.4) is 0 Å². The van der Waals surface area contributed by atoms with E-state index in [0.717, 1.165) is 0 Å². The summed E-state index contributed by atoms with van der Waals surface area (Å²) in [6.07, 6.45) is 0.145. The van der Waals surface area contributed by atoms with Gasteiger partial charge in [-0.05, 0) is 51.4 Å². The summed E-state index contributed by atoms with van der Waals surface area (Å²) in [7, 11) is 0. The maximum absolute atomic E-state index is 13.8. The first-order valence-corrected chi connectivity index (χ1v) is 18.8. The normalized spacial score (nSPS) is 16.5. The molecule has 1 aliphatic heterocycles. The molecule has 0 radical (unpaired) electrons. The summed E-state index contributed by atoms with van der Waals surface area (Å²) >= 11 is 0. The van der Waals surface area contributed by atoms with Crippen molar-refractivity contribution in [1.29, 1.82) is 0 Å². The summed E-state index contributed by atoms with van der Waals surface area (Å²) in [5, 5.41) is 23.9. The van der Waals surface area contributed by atoms with Crippen molar-refractivity contribution in [3.8, 4) is 0 Å². The third kappa shape index (κ3) is 17.8. The number of hydrogen-bond acceptors (Lipinski definition) is 12. The van der Waals surface area contributed by atoms with Crippen molar-refractivity contribution in [2.45, 2.75) is 115 Å². The molecule has 1 aliphatic rings. The number of likely N-dealkylation sites (tertiary alicyclic amines) is 1. The first-order chi connectivity index (χ1) is 27.2. The second kappa shape index (κ2) is 25.2. The largest absolute Gasteiger partial charge is 0.480 e. The summed E-state index contributed by atoms with van der Waals surface area (Å²) in [6, 6.07) is -7.58. The minimum Gasteiger partial charge on any atom is -0.480 e. The zero-order chi connectivity index (χ0) is 44.1. The predicted octanol–water partition coefficient (Wildman–Crippen LogP) is -5.79. The highest BCUT2D eigenvalue weighted by molar-refractivity contribution is 5.97. The van der Waals surface area contributed by atoms with Gasteiger partial charge in [0.1, 0.15) is 36.3 Å². The van der Waals surface area contributed by atoms with E-state index in [9.17, 15) is 53.1 Å². The molecule has 17 N–H and O–H groups in total. The number of amides is 9. The number of primary amides is 2. The van der Waals surface area contributed by atoms with Crippen LogP contribution in [-0.4, -0.2) is 138 Å². The van der Waals surface area contributed by atoms with Crippen LogP contribution >= 0.6 is 0 Å². The Morgan fingerprint density at radius 3 is 1.90 bits per heavy atom. The fourth-order valence-corrected chi connectivity index (χ4v) is 5.76. The van der Waals surface area contributed by atoms with Gasteiger partial charge in [-0.3, -0.25) is 48.1 Å². The van der Waals surface area contributed by atoms with Gasteiger partial charge in [-0.25, -0.2) is 4.79 Å². The molecule has 0 spiro atoms. The second-order valence-electron chi connectivity index (χ2n) is 13.8. The Bertz CT molecular complexity index is 1540. The Morgan fingerprint density at radius 2 is 1.34 bits per heavy atom. The van der Waals surface area contributed by atoms with Crippen LogP contribution in [0.15, 0.2) is 4.99 Å². The second-order valence-corrected chi connectivity index (χ2v) is 13.8. The van der Waals surface area contributed by atoms with Gasteiger partial charge in [-0.15, -0.1) is 0 Å². The molecule has 0 bridgehead atoms. The van der Waals surface area contributed by atoms with Crippen LogP contribution in [0.2, 0.25) is 0 Å². The molecule has 58 heavy (non-hydrogen) atoms. The third-order valence-corrected chi connectivity index (χ3v) is 9.22. The molecule has 0 unspecified atom stereocenters. The average molecular weight is 826 g/mol. The van der Waals surface area contributed by atoms with Gasteiger partial charge < -0.3 is 70.6 Å². The van der Waals surface area contributed by atoms with Crippen LogP contribution in [0.4, 0.5) is 0 Å². The number of carboxylic acids is 1. The number of carbonyl (C=O) groups excluding carboxylic acids is 9. The lowest BCUT2D eigenvalue weighted by atomic mass is 9.97. The standard InChI is InChI=1S/C34H59N13O11/c1-4-17(2)27(32(56)42-18(3)28(52)41-16-25(50)43-21(33(57)58)10-12-24(37)49)46-30(54)19(7-5-13-40-34(38)39)44-29(53)20(9-11-23(36)48)45-31(55)22-8-6-14-47(22)26(51)15-35/h17-22,27H,4-16,35H2,1-3H3,(H2,36,48)(H2,37,49)(H,41,52)(H,42,56)(H,43,50)(H,44,53)(H,45,55)(H,46,54)(H,57,58)(H4,38,39,40)/t17-,18-,19-,20-,21-,22-,27-/m0/s1. The molecule has 24 nitrogen and oxygen atoms in total. The van der Waals surface area contributed by atoms with Crippen LogP contribution in [0.25, 0.3) is 0 Å². The number of aliphatic imine (C=N–C) groups is 1. The van der Waals surface area contributed by atoms with E-state index < -0.39 is 108 Å². The minimum atomic E-state index is -1.44. The van der Waals surface area contributed by atoms with Crippen LogP contribution in [0.5, 0.6) is 0 Å². The van der Waals surface area contributed by atoms with E-state index in [1.165, 1.54) is 11.8 Å². The summed E-state index contributed by atoms with van der Waals surface area (Å²) in [4.78, 5) is 131. The maximum atomic E-state index is 13.8. The monoisotopic (exact) mass is 825 g/mol. The van der Waals surface area contributed by atoms with Crippen LogP contribution in [0.1, 0.15) is 78.6 Å². The number of nitrogens with one attached hydrogen (secondary N) is 6. The lowest BCUT2D eigenvalue weighted by Crippen LogP contribution is -2.60. The van der Waals surface area contributed by atoms with Gasteiger partial charge in [0, 0.05) is 25.9 Å². The van der Waals surface area contributed by atoms with E-state index in [1.54, 1.807) is 13.8 Å². The summed E-state index contributed by atoms with van der Waals surface area (Å²) in [5.41, 5.74) is 26.7. The molecule has 9 amide bonds. The first kappa shape index (κ1) is 49.9. The zero-order valence-corrected chi connectivity index (χ0v) is 33.0.